The minimum Gasteiger partial charge on any atom is -0.326 e. The maximum absolute atomic E-state index is 10.9. The molecule has 4 heteroatoms. The van der Waals surface area contributed by atoms with Crippen molar-refractivity contribution in [1.82, 2.24) is 5.32 Å². The molecule has 0 amide bonds. The highest BCUT2D eigenvalue weighted by Crippen LogP contribution is 2.19. The van der Waals surface area contributed by atoms with Crippen LogP contribution in [0.4, 0.5) is 5.69 Å². The van der Waals surface area contributed by atoms with Crippen LogP contribution in [0.2, 0.25) is 0 Å². The minimum atomic E-state index is -0.293. The Hall–Kier alpha value is -1.65. The summed E-state index contributed by atoms with van der Waals surface area (Å²) in [6.07, 6.45) is 4.51. The number of anilines is 1. The zero-order chi connectivity index (χ0) is 11.4. The van der Waals surface area contributed by atoms with Gasteiger partial charge in [0.2, 0.25) is 0 Å². The van der Waals surface area contributed by atoms with E-state index in [9.17, 15) is 4.79 Å². The normalized spacial score (nSPS) is 19.8. The summed E-state index contributed by atoms with van der Waals surface area (Å²) in [5.41, 5.74) is 7.63. The van der Waals surface area contributed by atoms with E-state index in [0.717, 1.165) is 24.1 Å². The molecule has 1 unspecified atom stereocenters. The second-order valence-electron chi connectivity index (χ2n) is 3.66. The maximum atomic E-state index is 10.9. The average molecular weight is 217 g/mol. The molecule has 0 spiro atoms. The number of rotatable bonds is 3. The first-order chi connectivity index (χ1) is 7.85. The van der Waals surface area contributed by atoms with Gasteiger partial charge in [-0.15, -0.1) is 0 Å². The molecule has 0 fully saturated rings. The summed E-state index contributed by atoms with van der Waals surface area (Å²) >= 11 is 0. The molecule has 1 heterocycles. The van der Waals surface area contributed by atoms with Gasteiger partial charge < -0.3 is 10.6 Å². The number of nitrogens with one attached hydrogen (secondary N) is 1. The van der Waals surface area contributed by atoms with Crippen LogP contribution in [0, 0.1) is 0 Å². The summed E-state index contributed by atoms with van der Waals surface area (Å²) in [5.74, 6) is 0. The summed E-state index contributed by atoms with van der Waals surface area (Å²) in [6.45, 7) is 1.22. The monoisotopic (exact) mass is 217 g/mol. The molecule has 2 rings (SSSR count). The third kappa shape index (κ3) is 2.13. The predicted octanol–water partition coefficient (Wildman–Crippen LogP) is 0.594. The fraction of sp³-hybridized carbons (Fsp3) is 0.250. The fourth-order valence-corrected chi connectivity index (χ4v) is 1.75. The van der Waals surface area contributed by atoms with Crippen LogP contribution in [0.1, 0.15) is 5.56 Å². The summed E-state index contributed by atoms with van der Waals surface area (Å²) in [6, 6.07) is 7.88. The molecular weight excluding hydrogens is 202 g/mol. The van der Waals surface area contributed by atoms with Crippen molar-refractivity contribution in [3.8, 4) is 0 Å². The van der Waals surface area contributed by atoms with Crippen LogP contribution in [-0.2, 0) is 11.3 Å². The average Bonchev–Trinajstić information content (AvgIpc) is 2.38. The molecule has 0 radical (unpaired) electrons. The van der Waals surface area contributed by atoms with Crippen molar-refractivity contribution in [2.75, 3.05) is 11.4 Å². The van der Waals surface area contributed by atoms with Crippen molar-refractivity contribution in [3.05, 3.63) is 42.1 Å². The van der Waals surface area contributed by atoms with E-state index in [1.165, 1.54) is 0 Å². The van der Waals surface area contributed by atoms with Crippen molar-refractivity contribution >= 4 is 12.0 Å². The van der Waals surface area contributed by atoms with E-state index in [-0.39, 0.29) is 6.17 Å². The van der Waals surface area contributed by atoms with Gasteiger partial charge in [-0.2, -0.15) is 0 Å². The number of hydrogen-bond donors (Lipinski definition) is 2. The number of hydrogen-bond acceptors (Lipinski definition) is 4. The highest BCUT2D eigenvalue weighted by molar-refractivity contribution is 5.68. The first kappa shape index (κ1) is 10.9. The summed E-state index contributed by atoms with van der Waals surface area (Å²) in [7, 11) is 0. The zero-order valence-electron chi connectivity index (χ0n) is 8.97. The first-order valence-corrected chi connectivity index (χ1v) is 5.28. The second-order valence-corrected chi connectivity index (χ2v) is 3.66. The fourth-order valence-electron chi connectivity index (χ4n) is 1.75. The lowest BCUT2D eigenvalue weighted by Crippen LogP contribution is -2.47. The van der Waals surface area contributed by atoms with Crippen LogP contribution in [0.5, 0.6) is 0 Å². The molecule has 1 aliphatic heterocycles. The largest absolute Gasteiger partial charge is 0.326 e. The molecular formula is C12H15N3O. The van der Waals surface area contributed by atoms with Crippen LogP contribution < -0.4 is 16.0 Å². The van der Waals surface area contributed by atoms with E-state index in [4.69, 9.17) is 5.73 Å². The van der Waals surface area contributed by atoms with Crippen LogP contribution in [-0.4, -0.2) is 19.0 Å². The lowest BCUT2D eigenvalue weighted by atomic mass is 10.1. The van der Waals surface area contributed by atoms with Crippen molar-refractivity contribution in [2.24, 2.45) is 5.73 Å². The Morgan fingerprint density at radius 1 is 1.56 bits per heavy atom. The van der Waals surface area contributed by atoms with Crippen LogP contribution in [0.25, 0.3) is 0 Å². The Labute approximate surface area is 94.7 Å². The minimum absolute atomic E-state index is 0.293. The standard InChI is InChI=1S/C12H15N3O/c13-8-10-3-1-4-11(7-10)15-6-2-5-14-12(15)9-16/h1-4,6-7,9,12,14H,5,8,13H2. The van der Waals surface area contributed by atoms with Gasteiger partial charge in [-0.1, -0.05) is 18.2 Å². The van der Waals surface area contributed by atoms with E-state index in [1.807, 2.05) is 41.4 Å². The van der Waals surface area contributed by atoms with Gasteiger partial charge in [0.1, 0.15) is 6.17 Å². The van der Waals surface area contributed by atoms with Crippen molar-refractivity contribution in [2.45, 2.75) is 12.7 Å². The lowest BCUT2D eigenvalue weighted by Gasteiger charge is -2.30. The Kier molecular flexibility index (Phi) is 3.34. The van der Waals surface area contributed by atoms with E-state index in [0.29, 0.717) is 6.54 Å². The zero-order valence-corrected chi connectivity index (χ0v) is 8.97. The number of carbonyl (C=O) groups is 1. The van der Waals surface area contributed by atoms with E-state index >= 15 is 0 Å². The van der Waals surface area contributed by atoms with Crippen molar-refractivity contribution in [1.29, 1.82) is 0 Å². The molecule has 0 bridgehead atoms. The van der Waals surface area contributed by atoms with Gasteiger partial charge in [-0.05, 0) is 17.7 Å². The number of nitrogens with zero attached hydrogens (tertiary/aromatic N) is 1. The van der Waals surface area contributed by atoms with Gasteiger partial charge in [0, 0.05) is 25.0 Å². The molecule has 84 valence electrons. The molecule has 1 aromatic carbocycles. The Bertz CT molecular complexity index is 403. The SMILES string of the molecule is NCc1cccc(N2C=CCNC2C=O)c1. The van der Waals surface area contributed by atoms with Crippen molar-refractivity contribution < 1.29 is 4.79 Å². The predicted molar refractivity (Wildman–Crippen MR) is 63.8 cm³/mol. The number of carbonyl (C=O) groups excluding carboxylic acids is 1. The molecule has 3 N–H and O–H groups in total. The number of benzene rings is 1. The van der Waals surface area contributed by atoms with E-state index < -0.39 is 0 Å². The third-order valence-electron chi connectivity index (χ3n) is 2.58. The molecule has 1 aromatic rings. The van der Waals surface area contributed by atoms with Gasteiger partial charge in [0.05, 0.1) is 0 Å². The van der Waals surface area contributed by atoms with Crippen LogP contribution >= 0.6 is 0 Å². The molecule has 1 aliphatic rings. The van der Waals surface area contributed by atoms with E-state index in [2.05, 4.69) is 5.32 Å². The third-order valence-corrected chi connectivity index (χ3v) is 2.58. The van der Waals surface area contributed by atoms with Gasteiger partial charge in [-0.25, -0.2) is 0 Å². The molecule has 0 saturated heterocycles. The van der Waals surface area contributed by atoms with E-state index in [1.54, 1.807) is 0 Å². The Morgan fingerprint density at radius 3 is 3.19 bits per heavy atom. The van der Waals surface area contributed by atoms with Gasteiger partial charge >= 0.3 is 0 Å². The number of nitrogens with two attached hydrogens (primary N) is 1. The van der Waals surface area contributed by atoms with Gasteiger partial charge in [-0.3, -0.25) is 10.1 Å². The molecule has 0 aromatic heterocycles. The molecule has 4 nitrogen and oxygen atoms in total. The second kappa shape index (κ2) is 4.92. The topological polar surface area (TPSA) is 58.4 Å². The van der Waals surface area contributed by atoms with Crippen LogP contribution in [0.3, 0.4) is 0 Å². The number of aldehydes is 1. The summed E-state index contributed by atoms with van der Waals surface area (Å²) in [5, 5.41) is 3.09. The Morgan fingerprint density at radius 2 is 2.44 bits per heavy atom. The molecule has 1 atom stereocenters. The maximum Gasteiger partial charge on any atom is 0.157 e. The smallest absolute Gasteiger partial charge is 0.157 e. The highest BCUT2D eigenvalue weighted by atomic mass is 16.1. The quantitative estimate of drug-likeness (QED) is 0.728. The first-order valence-electron chi connectivity index (χ1n) is 5.28. The van der Waals surface area contributed by atoms with Crippen molar-refractivity contribution in [3.63, 3.8) is 0 Å². The highest BCUT2D eigenvalue weighted by Gasteiger charge is 2.17. The summed E-state index contributed by atoms with van der Waals surface area (Å²) in [4.78, 5) is 12.8. The Balaban J connectivity index is 2.30. The molecule has 0 saturated carbocycles. The van der Waals surface area contributed by atoms with Gasteiger partial charge in [0.25, 0.3) is 0 Å². The summed E-state index contributed by atoms with van der Waals surface area (Å²) < 4.78 is 0. The van der Waals surface area contributed by atoms with Crippen LogP contribution in [0.15, 0.2) is 36.5 Å². The molecule has 16 heavy (non-hydrogen) atoms. The lowest BCUT2D eigenvalue weighted by molar-refractivity contribution is -0.109. The van der Waals surface area contributed by atoms with Gasteiger partial charge in [0.15, 0.2) is 6.29 Å². The molecule has 0 aliphatic carbocycles.